The zero-order chi connectivity index (χ0) is 13.8. The lowest BCUT2D eigenvalue weighted by atomic mass is 10.1. The quantitative estimate of drug-likeness (QED) is 0.676. The van der Waals surface area contributed by atoms with Gasteiger partial charge in [-0.15, -0.1) is 0 Å². The predicted molar refractivity (Wildman–Crippen MR) is 69.1 cm³/mol. The average molecular weight is 260 g/mol. The van der Waals surface area contributed by atoms with Crippen LogP contribution in [-0.2, 0) is 6.42 Å². The van der Waals surface area contributed by atoms with E-state index in [1.807, 2.05) is 6.92 Å². The highest BCUT2D eigenvalue weighted by molar-refractivity contribution is 6.04. The SMILES string of the molecule is CCc1ccc(NC(=O)c2ccoc2)cc1[N+](=O)[O-]. The van der Waals surface area contributed by atoms with E-state index in [9.17, 15) is 14.9 Å². The molecule has 0 aliphatic carbocycles. The van der Waals surface area contributed by atoms with Crippen LogP contribution in [0, 0.1) is 10.1 Å². The van der Waals surface area contributed by atoms with Crippen molar-refractivity contribution >= 4 is 17.3 Å². The summed E-state index contributed by atoms with van der Waals surface area (Å²) < 4.78 is 4.80. The fraction of sp³-hybridized carbons (Fsp3) is 0.154. The van der Waals surface area contributed by atoms with Crippen molar-refractivity contribution in [2.75, 3.05) is 5.32 Å². The van der Waals surface area contributed by atoms with Gasteiger partial charge >= 0.3 is 0 Å². The lowest BCUT2D eigenvalue weighted by Crippen LogP contribution is -2.11. The average Bonchev–Trinajstić information content (AvgIpc) is 2.92. The molecule has 6 nitrogen and oxygen atoms in total. The first kappa shape index (κ1) is 12.8. The van der Waals surface area contributed by atoms with Gasteiger partial charge in [0.05, 0.1) is 16.7 Å². The minimum absolute atomic E-state index is 0.00694. The van der Waals surface area contributed by atoms with E-state index in [0.717, 1.165) is 0 Å². The number of nitrogens with one attached hydrogen (secondary N) is 1. The summed E-state index contributed by atoms with van der Waals surface area (Å²) >= 11 is 0. The Bertz CT molecular complexity index is 605. The van der Waals surface area contributed by atoms with E-state index >= 15 is 0 Å². The third kappa shape index (κ3) is 2.79. The van der Waals surface area contributed by atoms with E-state index in [0.29, 0.717) is 23.2 Å². The monoisotopic (exact) mass is 260 g/mol. The number of nitro groups is 1. The molecule has 0 aliphatic rings. The van der Waals surface area contributed by atoms with Crippen LogP contribution in [0.2, 0.25) is 0 Å². The Balaban J connectivity index is 2.24. The van der Waals surface area contributed by atoms with Gasteiger partial charge in [0.2, 0.25) is 0 Å². The highest BCUT2D eigenvalue weighted by atomic mass is 16.6. The summed E-state index contributed by atoms with van der Waals surface area (Å²) in [5.74, 6) is -0.368. The van der Waals surface area contributed by atoms with Crippen LogP contribution in [0.1, 0.15) is 22.8 Å². The molecule has 0 fully saturated rings. The molecule has 0 spiro atoms. The number of nitro benzene ring substituents is 1. The molecule has 0 saturated heterocycles. The second-order valence-corrected chi connectivity index (χ2v) is 3.92. The maximum Gasteiger partial charge on any atom is 0.274 e. The molecule has 2 aromatic rings. The molecule has 0 radical (unpaired) electrons. The van der Waals surface area contributed by atoms with Crippen molar-refractivity contribution in [1.29, 1.82) is 0 Å². The minimum Gasteiger partial charge on any atom is -0.472 e. The summed E-state index contributed by atoms with van der Waals surface area (Å²) in [5, 5.41) is 13.5. The van der Waals surface area contributed by atoms with Gasteiger partial charge in [-0.05, 0) is 18.6 Å². The lowest BCUT2D eigenvalue weighted by Gasteiger charge is -2.05. The van der Waals surface area contributed by atoms with Crippen LogP contribution in [-0.4, -0.2) is 10.8 Å². The third-order valence-corrected chi connectivity index (χ3v) is 2.70. The standard InChI is InChI=1S/C13H12N2O4/c1-2-9-3-4-11(7-12(9)15(17)18)14-13(16)10-5-6-19-8-10/h3-8H,2H2,1H3,(H,14,16). The number of anilines is 1. The number of carbonyl (C=O) groups excluding carboxylic acids is 1. The van der Waals surface area contributed by atoms with E-state index in [-0.39, 0.29) is 11.6 Å². The number of carbonyl (C=O) groups is 1. The molecule has 0 unspecified atom stereocenters. The summed E-state index contributed by atoms with van der Waals surface area (Å²) in [6.07, 6.45) is 3.26. The maximum atomic E-state index is 11.8. The number of amides is 1. The van der Waals surface area contributed by atoms with E-state index in [2.05, 4.69) is 5.32 Å². The molecule has 1 amide bonds. The Morgan fingerprint density at radius 2 is 2.21 bits per heavy atom. The van der Waals surface area contributed by atoms with Crippen LogP contribution in [0.3, 0.4) is 0 Å². The van der Waals surface area contributed by atoms with E-state index in [4.69, 9.17) is 4.42 Å². The van der Waals surface area contributed by atoms with Gasteiger partial charge in [0, 0.05) is 17.3 Å². The lowest BCUT2D eigenvalue weighted by molar-refractivity contribution is -0.385. The van der Waals surface area contributed by atoms with Gasteiger partial charge < -0.3 is 9.73 Å². The Labute approximate surface area is 109 Å². The Kier molecular flexibility index (Phi) is 3.61. The van der Waals surface area contributed by atoms with Crippen molar-refractivity contribution in [3.63, 3.8) is 0 Å². The van der Waals surface area contributed by atoms with E-state index < -0.39 is 4.92 Å². The number of aryl methyl sites for hydroxylation is 1. The topological polar surface area (TPSA) is 85.4 Å². The summed E-state index contributed by atoms with van der Waals surface area (Å²) in [6, 6.07) is 6.16. The molecule has 1 aromatic carbocycles. The molecule has 1 heterocycles. The second-order valence-electron chi connectivity index (χ2n) is 3.92. The summed E-state index contributed by atoms with van der Waals surface area (Å²) in [4.78, 5) is 22.2. The molecular formula is C13H12N2O4. The van der Waals surface area contributed by atoms with Gasteiger partial charge in [-0.2, -0.15) is 0 Å². The highest BCUT2D eigenvalue weighted by Gasteiger charge is 2.14. The zero-order valence-corrected chi connectivity index (χ0v) is 10.3. The highest BCUT2D eigenvalue weighted by Crippen LogP contribution is 2.24. The number of nitrogens with zero attached hydrogens (tertiary/aromatic N) is 1. The second kappa shape index (κ2) is 5.34. The van der Waals surface area contributed by atoms with Crippen LogP contribution in [0.15, 0.2) is 41.2 Å². The first-order valence-corrected chi connectivity index (χ1v) is 5.72. The molecule has 6 heteroatoms. The van der Waals surface area contributed by atoms with Crippen molar-refractivity contribution in [1.82, 2.24) is 0 Å². The van der Waals surface area contributed by atoms with Crippen LogP contribution in [0.4, 0.5) is 11.4 Å². The van der Waals surface area contributed by atoms with Crippen LogP contribution in [0.25, 0.3) is 0 Å². The first-order valence-electron chi connectivity index (χ1n) is 5.72. The summed E-state index contributed by atoms with van der Waals surface area (Å²) in [5.41, 5.74) is 1.39. The predicted octanol–water partition coefficient (Wildman–Crippen LogP) is 3.00. The number of furan rings is 1. The van der Waals surface area contributed by atoms with Crippen LogP contribution in [0.5, 0.6) is 0 Å². The molecule has 0 atom stereocenters. The normalized spacial score (nSPS) is 10.2. The van der Waals surface area contributed by atoms with Crippen molar-refractivity contribution in [3.8, 4) is 0 Å². The largest absolute Gasteiger partial charge is 0.472 e. The molecular weight excluding hydrogens is 248 g/mol. The summed E-state index contributed by atoms with van der Waals surface area (Å²) in [7, 11) is 0. The third-order valence-electron chi connectivity index (χ3n) is 2.70. The Hall–Kier alpha value is -2.63. The maximum absolute atomic E-state index is 11.8. The fourth-order valence-corrected chi connectivity index (χ4v) is 1.71. The molecule has 0 aliphatic heterocycles. The molecule has 0 saturated carbocycles. The first-order chi connectivity index (χ1) is 9.11. The number of rotatable bonds is 4. The van der Waals surface area contributed by atoms with Gasteiger partial charge in [-0.25, -0.2) is 0 Å². The minimum atomic E-state index is -0.452. The Morgan fingerprint density at radius 3 is 2.79 bits per heavy atom. The van der Waals surface area contributed by atoms with Gasteiger partial charge in [0.1, 0.15) is 6.26 Å². The summed E-state index contributed by atoms with van der Waals surface area (Å²) in [6.45, 7) is 1.84. The van der Waals surface area contributed by atoms with Crippen molar-refractivity contribution in [3.05, 3.63) is 58.0 Å². The molecule has 2 rings (SSSR count). The van der Waals surface area contributed by atoms with Gasteiger partial charge in [0.25, 0.3) is 11.6 Å². The van der Waals surface area contributed by atoms with Crippen LogP contribution >= 0.6 is 0 Å². The van der Waals surface area contributed by atoms with E-state index in [1.165, 1.54) is 24.7 Å². The molecule has 19 heavy (non-hydrogen) atoms. The zero-order valence-electron chi connectivity index (χ0n) is 10.3. The molecule has 1 N–H and O–H groups in total. The number of benzene rings is 1. The van der Waals surface area contributed by atoms with Gasteiger partial charge in [-0.1, -0.05) is 13.0 Å². The smallest absolute Gasteiger partial charge is 0.274 e. The molecule has 0 bridgehead atoms. The number of hydrogen-bond acceptors (Lipinski definition) is 4. The van der Waals surface area contributed by atoms with E-state index in [1.54, 1.807) is 12.1 Å². The number of hydrogen-bond donors (Lipinski definition) is 1. The van der Waals surface area contributed by atoms with Crippen molar-refractivity contribution in [2.45, 2.75) is 13.3 Å². The molecule has 1 aromatic heterocycles. The van der Waals surface area contributed by atoms with Gasteiger partial charge in [-0.3, -0.25) is 14.9 Å². The van der Waals surface area contributed by atoms with Crippen molar-refractivity contribution < 1.29 is 14.1 Å². The molecule has 98 valence electrons. The van der Waals surface area contributed by atoms with Crippen LogP contribution < -0.4 is 5.32 Å². The van der Waals surface area contributed by atoms with Crippen molar-refractivity contribution in [2.24, 2.45) is 0 Å². The fourth-order valence-electron chi connectivity index (χ4n) is 1.71. The Morgan fingerprint density at radius 1 is 1.42 bits per heavy atom. The van der Waals surface area contributed by atoms with Gasteiger partial charge in [0.15, 0.2) is 0 Å².